The van der Waals surface area contributed by atoms with Gasteiger partial charge in [0.25, 0.3) is 0 Å². The lowest BCUT2D eigenvalue weighted by Crippen LogP contribution is -2.35. The number of nitrogens with two attached hydrogens (primary N) is 1. The van der Waals surface area contributed by atoms with Crippen LogP contribution in [0.1, 0.15) is 19.4 Å². The van der Waals surface area contributed by atoms with E-state index in [1.807, 2.05) is 44.2 Å². The van der Waals surface area contributed by atoms with Crippen molar-refractivity contribution in [3.63, 3.8) is 0 Å². The summed E-state index contributed by atoms with van der Waals surface area (Å²) in [4.78, 5) is 0. The molecule has 0 radical (unpaired) electrons. The van der Waals surface area contributed by atoms with Gasteiger partial charge in [-0.1, -0.05) is 30.3 Å². The second kappa shape index (κ2) is 3.70. The minimum absolute atomic E-state index is 0.546. The molecule has 2 N–H and O–H groups in total. The maximum absolute atomic E-state index is 5.66. The summed E-state index contributed by atoms with van der Waals surface area (Å²) in [5.74, 6) is 0. The summed E-state index contributed by atoms with van der Waals surface area (Å²) in [6, 6.07) is 10.00. The van der Waals surface area contributed by atoms with Crippen LogP contribution >= 0.6 is 0 Å². The van der Waals surface area contributed by atoms with E-state index in [-0.39, 0.29) is 0 Å². The first-order chi connectivity index (χ1) is 5.58. The molecule has 0 atom stereocenters. The first kappa shape index (κ1) is 9.23. The Morgan fingerprint density at radius 1 is 1.25 bits per heavy atom. The molecule has 0 aliphatic rings. The molecule has 0 saturated heterocycles. The van der Waals surface area contributed by atoms with E-state index in [4.69, 9.17) is 10.5 Å². The van der Waals surface area contributed by atoms with Crippen LogP contribution in [0.15, 0.2) is 30.3 Å². The van der Waals surface area contributed by atoms with Gasteiger partial charge in [0.15, 0.2) is 0 Å². The molecule has 0 spiro atoms. The van der Waals surface area contributed by atoms with Crippen LogP contribution in [0.25, 0.3) is 0 Å². The maximum Gasteiger partial charge on any atom is 0.111 e. The van der Waals surface area contributed by atoms with Crippen molar-refractivity contribution in [2.24, 2.45) is 5.73 Å². The highest BCUT2D eigenvalue weighted by atomic mass is 16.5. The molecule has 2 nitrogen and oxygen atoms in total. The zero-order valence-corrected chi connectivity index (χ0v) is 7.58. The molecule has 0 saturated carbocycles. The van der Waals surface area contributed by atoms with Crippen molar-refractivity contribution >= 4 is 0 Å². The van der Waals surface area contributed by atoms with Crippen molar-refractivity contribution in [1.29, 1.82) is 0 Å². The van der Waals surface area contributed by atoms with E-state index in [0.29, 0.717) is 6.61 Å². The SMILES string of the molecule is CC(C)(N)OCc1ccccc1. The van der Waals surface area contributed by atoms with Gasteiger partial charge in [-0.3, -0.25) is 0 Å². The van der Waals surface area contributed by atoms with Gasteiger partial charge < -0.3 is 10.5 Å². The highest BCUT2D eigenvalue weighted by Crippen LogP contribution is 2.06. The van der Waals surface area contributed by atoms with Gasteiger partial charge in [0.2, 0.25) is 0 Å². The van der Waals surface area contributed by atoms with E-state index in [0.717, 1.165) is 5.56 Å². The maximum atomic E-state index is 5.66. The van der Waals surface area contributed by atoms with Crippen molar-refractivity contribution < 1.29 is 4.74 Å². The summed E-state index contributed by atoms with van der Waals surface area (Å²) in [5, 5.41) is 0. The standard InChI is InChI=1S/C10H15NO/c1-10(2,11)12-8-9-6-4-3-5-7-9/h3-7H,8,11H2,1-2H3. The average Bonchev–Trinajstić information content (AvgIpc) is 2.02. The van der Waals surface area contributed by atoms with Crippen LogP contribution in [0.4, 0.5) is 0 Å². The Morgan fingerprint density at radius 2 is 1.83 bits per heavy atom. The minimum atomic E-state index is -0.546. The zero-order chi connectivity index (χ0) is 9.03. The topological polar surface area (TPSA) is 35.2 Å². The highest BCUT2D eigenvalue weighted by Gasteiger charge is 2.09. The summed E-state index contributed by atoms with van der Waals surface area (Å²) in [7, 11) is 0. The van der Waals surface area contributed by atoms with Crippen LogP contribution in [-0.4, -0.2) is 5.72 Å². The second-order valence-corrected chi connectivity index (χ2v) is 3.38. The Bertz CT molecular complexity index is 225. The highest BCUT2D eigenvalue weighted by molar-refractivity contribution is 5.13. The summed E-state index contributed by atoms with van der Waals surface area (Å²) in [5.41, 5.74) is 6.26. The van der Waals surface area contributed by atoms with Crippen LogP contribution in [-0.2, 0) is 11.3 Å². The zero-order valence-electron chi connectivity index (χ0n) is 7.58. The third-order valence-electron chi connectivity index (χ3n) is 1.45. The fourth-order valence-corrected chi connectivity index (χ4v) is 0.844. The van der Waals surface area contributed by atoms with Gasteiger partial charge in [0, 0.05) is 0 Å². The summed E-state index contributed by atoms with van der Waals surface area (Å²) >= 11 is 0. The Balaban J connectivity index is 2.44. The summed E-state index contributed by atoms with van der Waals surface area (Å²) in [6.07, 6.45) is 0. The molecule has 1 aromatic rings. The van der Waals surface area contributed by atoms with Gasteiger partial charge in [-0.15, -0.1) is 0 Å². The first-order valence-corrected chi connectivity index (χ1v) is 4.05. The molecule has 0 aliphatic carbocycles. The molecule has 1 rings (SSSR count). The molecule has 66 valence electrons. The normalized spacial score (nSPS) is 11.6. The lowest BCUT2D eigenvalue weighted by molar-refractivity contribution is -0.0243. The van der Waals surface area contributed by atoms with Crippen LogP contribution in [0.2, 0.25) is 0 Å². The number of benzene rings is 1. The molecule has 12 heavy (non-hydrogen) atoms. The average molecular weight is 165 g/mol. The number of rotatable bonds is 3. The van der Waals surface area contributed by atoms with Crippen molar-refractivity contribution in [1.82, 2.24) is 0 Å². The first-order valence-electron chi connectivity index (χ1n) is 4.05. The Labute approximate surface area is 73.3 Å². The smallest absolute Gasteiger partial charge is 0.111 e. The molecular weight excluding hydrogens is 150 g/mol. The van der Waals surface area contributed by atoms with Gasteiger partial charge in [-0.25, -0.2) is 0 Å². The van der Waals surface area contributed by atoms with Gasteiger partial charge in [0.05, 0.1) is 6.61 Å². The van der Waals surface area contributed by atoms with Crippen LogP contribution < -0.4 is 5.73 Å². The van der Waals surface area contributed by atoms with E-state index in [1.54, 1.807) is 0 Å². The lowest BCUT2D eigenvalue weighted by Gasteiger charge is -2.19. The number of ether oxygens (including phenoxy) is 1. The van der Waals surface area contributed by atoms with Crippen molar-refractivity contribution in [3.05, 3.63) is 35.9 Å². The minimum Gasteiger partial charge on any atom is -0.357 e. The van der Waals surface area contributed by atoms with Crippen molar-refractivity contribution in [3.8, 4) is 0 Å². The molecule has 0 amide bonds. The predicted molar refractivity (Wildman–Crippen MR) is 49.5 cm³/mol. The molecule has 1 aromatic carbocycles. The van der Waals surface area contributed by atoms with E-state index in [9.17, 15) is 0 Å². The van der Waals surface area contributed by atoms with E-state index in [1.165, 1.54) is 0 Å². The Kier molecular flexibility index (Phi) is 2.84. The second-order valence-electron chi connectivity index (χ2n) is 3.38. The van der Waals surface area contributed by atoms with Gasteiger partial charge >= 0.3 is 0 Å². The monoisotopic (exact) mass is 165 g/mol. The number of hydrogen-bond donors (Lipinski definition) is 1. The molecule has 0 heterocycles. The van der Waals surface area contributed by atoms with Gasteiger partial charge in [-0.05, 0) is 19.4 Å². The van der Waals surface area contributed by atoms with Crippen LogP contribution in [0, 0.1) is 0 Å². The van der Waals surface area contributed by atoms with Crippen molar-refractivity contribution in [2.75, 3.05) is 0 Å². The molecular formula is C10H15NO. The van der Waals surface area contributed by atoms with E-state index < -0.39 is 5.72 Å². The van der Waals surface area contributed by atoms with Gasteiger partial charge in [0.1, 0.15) is 5.72 Å². The summed E-state index contributed by atoms with van der Waals surface area (Å²) < 4.78 is 5.39. The summed E-state index contributed by atoms with van der Waals surface area (Å²) in [6.45, 7) is 4.26. The molecule has 0 aromatic heterocycles. The van der Waals surface area contributed by atoms with Gasteiger partial charge in [-0.2, -0.15) is 0 Å². The van der Waals surface area contributed by atoms with Crippen molar-refractivity contribution in [2.45, 2.75) is 26.2 Å². The number of hydrogen-bond acceptors (Lipinski definition) is 2. The Morgan fingerprint density at radius 3 is 2.33 bits per heavy atom. The Hall–Kier alpha value is -0.860. The quantitative estimate of drug-likeness (QED) is 0.694. The van der Waals surface area contributed by atoms with E-state index in [2.05, 4.69) is 0 Å². The third-order valence-corrected chi connectivity index (χ3v) is 1.45. The van der Waals surface area contributed by atoms with E-state index >= 15 is 0 Å². The third kappa shape index (κ3) is 3.51. The molecule has 2 heteroatoms. The lowest BCUT2D eigenvalue weighted by atomic mass is 10.2. The van der Waals surface area contributed by atoms with Crippen LogP contribution in [0.5, 0.6) is 0 Å². The largest absolute Gasteiger partial charge is 0.357 e. The van der Waals surface area contributed by atoms with Crippen LogP contribution in [0.3, 0.4) is 0 Å². The molecule has 0 fully saturated rings. The molecule has 0 aliphatic heterocycles. The molecule has 0 unspecified atom stereocenters. The molecule has 0 bridgehead atoms. The fraction of sp³-hybridized carbons (Fsp3) is 0.400. The predicted octanol–water partition coefficient (Wildman–Crippen LogP) is 1.90. The fourth-order valence-electron chi connectivity index (χ4n) is 0.844.